The zero-order valence-corrected chi connectivity index (χ0v) is 55.8. The molecule has 19 nitrogen and oxygen atoms in total. The van der Waals surface area contributed by atoms with Gasteiger partial charge in [-0.1, -0.05) is 134 Å². The number of ketones is 1. The van der Waals surface area contributed by atoms with Crippen LogP contribution < -0.4 is 19.8 Å². The summed E-state index contributed by atoms with van der Waals surface area (Å²) in [6.45, 7) is 17.3. The molecule has 6 aromatic rings. The molecule has 1 saturated heterocycles. The lowest BCUT2D eigenvalue weighted by molar-refractivity contribution is -0.163. The van der Waals surface area contributed by atoms with Crippen molar-refractivity contribution in [2.45, 2.75) is 161 Å². The van der Waals surface area contributed by atoms with Gasteiger partial charge in [0, 0.05) is 53.1 Å². The number of aromatic nitrogens is 3. The molecule has 0 N–H and O–H groups in total. The van der Waals surface area contributed by atoms with Gasteiger partial charge in [0.2, 0.25) is 17.7 Å². The Morgan fingerprint density at radius 1 is 0.711 bits per heavy atom. The molecule has 3 aromatic carbocycles. The van der Waals surface area contributed by atoms with E-state index in [1.54, 1.807) is 54.6 Å². The molecule has 13 atom stereocenters. The van der Waals surface area contributed by atoms with Crippen LogP contribution in [0.5, 0.6) is 11.5 Å². The van der Waals surface area contributed by atoms with E-state index in [1.165, 1.54) is 32.0 Å². The Morgan fingerprint density at radius 3 is 2.02 bits per heavy atom. The number of hydrogen-bond acceptors (Lipinski definition) is 19. The van der Waals surface area contributed by atoms with Crippen molar-refractivity contribution >= 4 is 36.5 Å². The number of cyclic esters (lactones) is 1. The minimum absolute atomic E-state index is 0.0224. The first-order chi connectivity index (χ1) is 43.3. The topological polar surface area (TPSA) is 214 Å². The van der Waals surface area contributed by atoms with Crippen molar-refractivity contribution in [2.75, 3.05) is 49.5 Å². The predicted octanol–water partition coefficient (Wildman–Crippen LogP) is 12.6. The number of carbonyl (C=O) groups excluding carboxylic acids is 2. The van der Waals surface area contributed by atoms with Gasteiger partial charge < -0.3 is 65.0 Å². The number of fused-ring (bicyclic) bond motifs is 8. The second-order valence-corrected chi connectivity index (χ2v) is 29.1. The first-order valence-corrected chi connectivity index (χ1v) is 33.1. The van der Waals surface area contributed by atoms with Crippen molar-refractivity contribution in [2.24, 2.45) is 29.6 Å². The summed E-state index contributed by atoms with van der Waals surface area (Å²) in [6, 6.07) is 26.2. The van der Waals surface area contributed by atoms with E-state index < -0.39 is 49.7 Å². The number of oxazole rings is 3. The molecule has 2 unspecified atom stereocenters. The quantitative estimate of drug-likeness (QED) is 0.0252. The van der Waals surface area contributed by atoms with Gasteiger partial charge in [0.15, 0.2) is 35.0 Å². The van der Waals surface area contributed by atoms with E-state index in [0.29, 0.717) is 66.8 Å². The van der Waals surface area contributed by atoms with Gasteiger partial charge in [-0.15, -0.1) is 0 Å². The Hall–Kier alpha value is -6.59. The normalized spacial score (nSPS) is 24.4. The second-order valence-electron chi connectivity index (χ2n) is 24.8. The van der Waals surface area contributed by atoms with Crippen LogP contribution in [0.2, 0.25) is 5.04 Å². The minimum Gasteiger partial charge on any atom is -0.493 e. The van der Waals surface area contributed by atoms with Crippen LogP contribution in [0.25, 0.3) is 29.2 Å². The Morgan fingerprint density at radius 2 is 1.38 bits per heavy atom. The second kappa shape index (κ2) is 32.6. The average Bonchev–Trinajstić information content (AvgIpc) is 1.70. The lowest BCUT2D eigenvalue weighted by atomic mass is 9.84. The van der Waals surface area contributed by atoms with Crippen LogP contribution in [-0.2, 0) is 58.5 Å². The molecule has 2 aliphatic rings. The van der Waals surface area contributed by atoms with Gasteiger partial charge in [-0.3, -0.25) is 9.59 Å². The van der Waals surface area contributed by atoms with Crippen molar-refractivity contribution in [1.29, 1.82) is 0 Å². The molecule has 488 valence electrons. The predicted molar refractivity (Wildman–Crippen MR) is 342 cm³/mol. The molecule has 1 fully saturated rings. The first kappa shape index (κ1) is 69.3. The molecule has 20 heteroatoms. The smallest absolute Gasteiger partial charge is 0.308 e. The third kappa shape index (κ3) is 17.1. The molecule has 8 rings (SSSR count). The maximum absolute atomic E-state index is 15.3. The van der Waals surface area contributed by atoms with Gasteiger partial charge in [0.25, 0.3) is 8.32 Å². The molecule has 2 aliphatic heterocycles. The molecule has 90 heavy (non-hydrogen) atoms. The van der Waals surface area contributed by atoms with Gasteiger partial charge in [-0.25, -0.2) is 15.0 Å². The van der Waals surface area contributed by atoms with Crippen LogP contribution >= 0.6 is 0 Å². The monoisotopic (exact) mass is 1260 g/mol. The summed E-state index contributed by atoms with van der Waals surface area (Å²) in [6.07, 6.45) is 10.5. The summed E-state index contributed by atoms with van der Waals surface area (Å²) >= 11 is 0. The number of rotatable bonds is 23. The number of hydrogen-bond donors (Lipinski definition) is 0. The SMILES string of the molecule is COc1ccc(COCO[C@H](CC[C@H](C)[C@H](C[C@@H]2OC(=O)C[C@@H](O[Si](c3ccccc3)(c3ccccc3)C(C)(C)C)C/C=C/C(=O)[C@H](C)C(OC)c3coc(n3)-c3coc(n3)-c3coc(n3)/C=C/C[C@H](OC)[C@H]2C)OC)[C@H](C)[C@@H]2OC(OC)C[C@H]2C)cc1OC. The summed E-state index contributed by atoms with van der Waals surface area (Å²) in [5.41, 5.74) is 1.98. The molecule has 0 saturated carbocycles. The lowest BCUT2D eigenvalue weighted by Gasteiger charge is -2.45. The number of esters is 1. The summed E-state index contributed by atoms with van der Waals surface area (Å²) in [5.74, 6) is 0.311. The summed E-state index contributed by atoms with van der Waals surface area (Å²) in [7, 11) is 6.47. The van der Waals surface area contributed by atoms with E-state index in [2.05, 4.69) is 80.8 Å². The summed E-state index contributed by atoms with van der Waals surface area (Å²) in [4.78, 5) is 43.4. The lowest BCUT2D eigenvalue weighted by Crippen LogP contribution is -2.67. The Bertz CT molecular complexity index is 3190. The van der Waals surface area contributed by atoms with Crippen molar-refractivity contribution in [3.8, 4) is 34.7 Å². The number of benzene rings is 3. The molecular weight excluding hydrogens is 1170 g/mol. The fourth-order valence-electron chi connectivity index (χ4n) is 12.6. The Labute approximate surface area is 531 Å². The first-order valence-electron chi connectivity index (χ1n) is 31.2. The van der Waals surface area contributed by atoms with E-state index >= 15 is 4.79 Å². The number of nitrogens with zero attached hydrogens (tertiary/aromatic N) is 3. The molecule has 0 aliphatic carbocycles. The highest BCUT2D eigenvalue weighted by Crippen LogP contribution is 2.40. The summed E-state index contributed by atoms with van der Waals surface area (Å²) in [5, 5.41) is 1.63. The maximum atomic E-state index is 15.3. The van der Waals surface area contributed by atoms with Gasteiger partial charge in [0.05, 0.1) is 63.7 Å². The van der Waals surface area contributed by atoms with Crippen molar-refractivity contribution in [3.63, 3.8) is 0 Å². The van der Waals surface area contributed by atoms with Crippen molar-refractivity contribution in [3.05, 3.63) is 133 Å². The van der Waals surface area contributed by atoms with Gasteiger partial charge in [-0.2, -0.15) is 0 Å². The molecule has 6 bridgehead atoms. The zero-order valence-electron chi connectivity index (χ0n) is 54.8. The van der Waals surface area contributed by atoms with Crippen LogP contribution in [0.4, 0.5) is 0 Å². The molecule has 3 aromatic heterocycles. The van der Waals surface area contributed by atoms with Crippen molar-refractivity contribution in [1.82, 2.24) is 15.0 Å². The number of carbonyl (C=O) groups is 2. The number of ether oxygens (including phenoxy) is 10. The Kier molecular flexibility index (Phi) is 25.1. The fourth-order valence-corrected chi connectivity index (χ4v) is 17.3. The molecule has 0 radical (unpaired) electrons. The van der Waals surface area contributed by atoms with Crippen LogP contribution in [0.3, 0.4) is 0 Å². The molecule has 0 spiro atoms. The van der Waals surface area contributed by atoms with Crippen molar-refractivity contribution < 1.29 is 74.6 Å². The third-order valence-corrected chi connectivity index (χ3v) is 22.9. The highest BCUT2D eigenvalue weighted by molar-refractivity contribution is 6.99. The van der Waals surface area contributed by atoms with Gasteiger partial charge in [0.1, 0.15) is 43.5 Å². The summed E-state index contributed by atoms with van der Waals surface area (Å²) < 4.78 is 86.6. The molecule has 0 amide bonds. The molecular formula is C70H93N3O16Si. The molecule has 5 heterocycles. The highest BCUT2D eigenvalue weighted by Gasteiger charge is 2.52. The van der Waals surface area contributed by atoms with Gasteiger partial charge in [-0.05, 0) is 82.8 Å². The Balaban J connectivity index is 1.10. The standard InChI is InChI=1S/C70H93N3O16Si/c1-44(31-33-58(48(5)66-45(2)35-65(80-13)88-66)86-43-82-39-49-32-34-59(77-10)62(36-49)79-12)60(78-11)38-61-47(4)57(76-9)29-22-30-63-71-54(41-83-63)68-73-55(42-85-68)69-72-53(40-84-69)67(81-14)46(3)56(74)28-21-23-50(37-64(75)87-61)89-90(70(6,7)8,51-24-17-15-18-25-51)52-26-19-16-20-27-52/h15-22,24-28,30,32,34,36,40-42,44-48,50,57-58,60-61,65-67H,23,29,31,33,35,37-39,43H2,1-14H3/b28-21+,30-22+/t44-,45+,46-,47+,48-,50-,57-,58+,60-,61-,65?,66+,67?/m0/s1. The maximum Gasteiger partial charge on any atom is 0.308 e. The van der Waals surface area contributed by atoms with E-state index in [1.807, 2.05) is 67.6 Å². The fraction of sp³-hybridized carbons (Fsp3) is 0.529. The zero-order chi connectivity index (χ0) is 64.5. The third-order valence-electron chi connectivity index (χ3n) is 17.8. The van der Waals surface area contributed by atoms with Crippen LogP contribution in [0.15, 0.2) is 129 Å². The van der Waals surface area contributed by atoms with E-state index in [9.17, 15) is 4.79 Å². The van der Waals surface area contributed by atoms with Crippen LogP contribution in [0, 0.1) is 29.6 Å². The van der Waals surface area contributed by atoms with E-state index in [4.69, 9.17) is 65.0 Å². The number of allylic oxidation sites excluding steroid dienone is 1. The van der Waals surface area contributed by atoms with E-state index in [-0.39, 0.29) is 85.5 Å². The van der Waals surface area contributed by atoms with Crippen LogP contribution in [-0.4, -0.2) is 127 Å². The van der Waals surface area contributed by atoms with Crippen LogP contribution in [0.1, 0.15) is 124 Å². The van der Waals surface area contributed by atoms with Gasteiger partial charge >= 0.3 is 5.97 Å². The highest BCUT2D eigenvalue weighted by atomic mass is 28.4. The minimum atomic E-state index is -3.29. The van der Waals surface area contributed by atoms with E-state index in [0.717, 1.165) is 22.4 Å². The number of methoxy groups -OCH3 is 6. The largest absolute Gasteiger partial charge is 0.493 e. The average molecular weight is 1260 g/mol.